The Morgan fingerprint density at radius 3 is 1.89 bits per heavy atom. The summed E-state index contributed by atoms with van der Waals surface area (Å²) in [6.07, 6.45) is 0.579. The van der Waals surface area contributed by atoms with Crippen LogP contribution in [0.4, 0.5) is 22.0 Å². The molecule has 106 valence electrons. The van der Waals surface area contributed by atoms with Crippen LogP contribution in [0.3, 0.4) is 0 Å². The van der Waals surface area contributed by atoms with Crippen molar-refractivity contribution in [1.82, 2.24) is 0 Å². The maximum absolute atomic E-state index is 13.1. The van der Waals surface area contributed by atoms with Crippen LogP contribution in [0.15, 0.2) is 0 Å². The van der Waals surface area contributed by atoms with Crippen LogP contribution in [-0.2, 0) is 9.53 Å². The van der Waals surface area contributed by atoms with Gasteiger partial charge in [-0.1, -0.05) is 6.92 Å². The van der Waals surface area contributed by atoms with Gasteiger partial charge in [-0.3, -0.25) is 0 Å². The smallest absolute Gasteiger partial charge is 0.337 e. The Kier molecular flexibility index (Phi) is 5.22. The van der Waals surface area contributed by atoms with Crippen LogP contribution in [0.25, 0.3) is 0 Å². The van der Waals surface area contributed by atoms with E-state index in [1.165, 1.54) is 0 Å². The molecular formula is C11H9F5O3. The second kappa shape index (κ2) is 6.46. The summed E-state index contributed by atoms with van der Waals surface area (Å²) < 4.78 is 73.2. The molecule has 0 amide bonds. The second-order valence-electron chi connectivity index (χ2n) is 3.43. The van der Waals surface area contributed by atoms with Gasteiger partial charge in [-0.05, 0) is 6.42 Å². The van der Waals surface area contributed by atoms with Gasteiger partial charge >= 0.3 is 5.97 Å². The number of carbonyl (C=O) groups is 1. The molecule has 1 aromatic rings. The van der Waals surface area contributed by atoms with E-state index >= 15 is 0 Å². The van der Waals surface area contributed by atoms with Gasteiger partial charge in [0.15, 0.2) is 0 Å². The van der Waals surface area contributed by atoms with Gasteiger partial charge < -0.3 is 9.47 Å². The number of hydrogen-bond acceptors (Lipinski definition) is 3. The summed E-state index contributed by atoms with van der Waals surface area (Å²) in [5.41, 5.74) is 0. The maximum atomic E-state index is 13.1. The van der Waals surface area contributed by atoms with E-state index in [0.29, 0.717) is 6.42 Å². The highest BCUT2D eigenvalue weighted by Gasteiger charge is 2.28. The third kappa shape index (κ3) is 3.40. The molecule has 0 fully saturated rings. The molecule has 0 heterocycles. The summed E-state index contributed by atoms with van der Waals surface area (Å²) >= 11 is 0. The summed E-state index contributed by atoms with van der Waals surface area (Å²) in [7, 11) is 0. The average molecular weight is 284 g/mol. The summed E-state index contributed by atoms with van der Waals surface area (Å²) in [6.45, 7) is 1.27. The van der Waals surface area contributed by atoms with Gasteiger partial charge in [0.2, 0.25) is 34.8 Å². The minimum Gasteiger partial charge on any atom is -0.418 e. The van der Waals surface area contributed by atoms with E-state index in [-0.39, 0.29) is 6.61 Å². The Labute approximate surface area is 104 Å². The Bertz CT molecular complexity index is 461. The Balaban J connectivity index is 2.93. The van der Waals surface area contributed by atoms with Crippen LogP contribution in [0.2, 0.25) is 0 Å². The number of benzene rings is 1. The van der Waals surface area contributed by atoms with Gasteiger partial charge in [-0.25, -0.2) is 18.0 Å². The van der Waals surface area contributed by atoms with Crippen molar-refractivity contribution >= 4 is 5.97 Å². The van der Waals surface area contributed by atoms with E-state index < -0.39 is 47.4 Å². The maximum Gasteiger partial charge on any atom is 0.337 e. The number of halogens is 5. The highest BCUT2D eigenvalue weighted by Crippen LogP contribution is 2.29. The molecule has 0 spiro atoms. The van der Waals surface area contributed by atoms with Gasteiger partial charge in [0.1, 0.15) is 6.61 Å². The molecule has 0 saturated carbocycles. The largest absolute Gasteiger partial charge is 0.418 e. The minimum absolute atomic E-state index is 0.187. The van der Waals surface area contributed by atoms with Crippen LogP contribution in [-0.4, -0.2) is 19.2 Å². The number of carbonyl (C=O) groups excluding carboxylic acids is 1. The summed E-state index contributed by atoms with van der Waals surface area (Å²) in [5.74, 6) is -14.0. The molecule has 0 aliphatic carbocycles. The van der Waals surface area contributed by atoms with E-state index in [2.05, 4.69) is 4.74 Å². The second-order valence-corrected chi connectivity index (χ2v) is 3.43. The first-order chi connectivity index (χ1) is 8.90. The van der Waals surface area contributed by atoms with E-state index in [1.54, 1.807) is 6.92 Å². The van der Waals surface area contributed by atoms with Gasteiger partial charge in [-0.2, -0.15) is 8.78 Å². The van der Waals surface area contributed by atoms with Crippen molar-refractivity contribution in [3.05, 3.63) is 29.1 Å². The summed E-state index contributed by atoms with van der Waals surface area (Å²) in [6, 6.07) is 0. The fraction of sp³-hybridized carbons (Fsp3) is 0.364. The van der Waals surface area contributed by atoms with Crippen molar-refractivity contribution < 1.29 is 36.2 Å². The SMILES string of the molecule is CCCOCC(=O)Oc1c(F)c(F)c(F)c(F)c1F. The van der Waals surface area contributed by atoms with Crippen LogP contribution < -0.4 is 4.74 Å². The topological polar surface area (TPSA) is 35.5 Å². The zero-order valence-electron chi connectivity index (χ0n) is 9.74. The number of rotatable bonds is 5. The lowest BCUT2D eigenvalue weighted by molar-refractivity contribution is -0.139. The monoisotopic (exact) mass is 284 g/mol. The molecule has 0 aliphatic rings. The molecule has 3 nitrogen and oxygen atoms in total. The number of ether oxygens (including phenoxy) is 2. The molecule has 0 aliphatic heterocycles. The van der Waals surface area contributed by atoms with Crippen LogP contribution >= 0.6 is 0 Å². The van der Waals surface area contributed by atoms with Gasteiger partial charge in [0.25, 0.3) is 0 Å². The highest BCUT2D eigenvalue weighted by molar-refractivity contribution is 5.73. The van der Waals surface area contributed by atoms with Crippen molar-refractivity contribution in [2.75, 3.05) is 13.2 Å². The van der Waals surface area contributed by atoms with Crippen LogP contribution in [0, 0.1) is 29.1 Å². The van der Waals surface area contributed by atoms with Gasteiger partial charge in [0, 0.05) is 6.61 Å². The van der Waals surface area contributed by atoms with Crippen molar-refractivity contribution in [3.63, 3.8) is 0 Å². The lowest BCUT2D eigenvalue weighted by atomic mass is 10.2. The molecule has 1 rings (SSSR count). The fourth-order valence-electron chi connectivity index (χ4n) is 1.12. The molecule has 19 heavy (non-hydrogen) atoms. The predicted octanol–water partition coefficient (Wildman–Crippen LogP) is 2.71. The first-order valence-electron chi connectivity index (χ1n) is 5.20. The Hall–Kier alpha value is -1.70. The summed E-state index contributed by atoms with van der Waals surface area (Å²) in [5, 5.41) is 0. The fourth-order valence-corrected chi connectivity index (χ4v) is 1.12. The number of hydrogen-bond donors (Lipinski definition) is 0. The van der Waals surface area contributed by atoms with E-state index in [1.807, 2.05) is 0 Å². The molecule has 8 heteroatoms. The number of esters is 1. The molecule has 0 atom stereocenters. The molecule has 0 radical (unpaired) electrons. The third-order valence-electron chi connectivity index (χ3n) is 1.95. The van der Waals surface area contributed by atoms with Crippen molar-refractivity contribution in [2.24, 2.45) is 0 Å². The molecule has 1 aromatic carbocycles. The zero-order chi connectivity index (χ0) is 14.6. The van der Waals surface area contributed by atoms with E-state index in [0.717, 1.165) is 0 Å². The van der Waals surface area contributed by atoms with Crippen molar-refractivity contribution in [2.45, 2.75) is 13.3 Å². The minimum atomic E-state index is -2.32. The average Bonchev–Trinajstić information content (AvgIpc) is 2.39. The highest BCUT2D eigenvalue weighted by atomic mass is 19.2. The standard InChI is InChI=1S/C11H9F5O3/c1-2-3-18-4-5(17)19-11-9(15)7(13)6(12)8(14)10(11)16/h2-4H2,1H3. The molecule has 0 N–H and O–H groups in total. The van der Waals surface area contributed by atoms with Gasteiger partial charge in [0.05, 0.1) is 0 Å². The first kappa shape index (κ1) is 15.4. The molecule has 0 saturated heterocycles. The summed E-state index contributed by atoms with van der Waals surface area (Å²) in [4.78, 5) is 11.1. The molecule has 0 bridgehead atoms. The van der Waals surface area contributed by atoms with Crippen LogP contribution in [0.1, 0.15) is 13.3 Å². The van der Waals surface area contributed by atoms with Gasteiger partial charge in [-0.15, -0.1) is 0 Å². The van der Waals surface area contributed by atoms with Crippen LogP contribution in [0.5, 0.6) is 5.75 Å². The van der Waals surface area contributed by atoms with Crippen molar-refractivity contribution in [3.8, 4) is 5.75 Å². The Morgan fingerprint density at radius 1 is 0.947 bits per heavy atom. The Morgan fingerprint density at radius 2 is 1.42 bits per heavy atom. The molecular weight excluding hydrogens is 275 g/mol. The van der Waals surface area contributed by atoms with E-state index in [4.69, 9.17) is 4.74 Å². The van der Waals surface area contributed by atoms with E-state index in [9.17, 15) is 26.7 Å². The molecule has 0 unspecified atom stereocenters. The normalized spacial score (nSPS) is 10.6. The lowest BCUT2D eigenvalue weighted by Crippen LogP contribution is -2.18. The molecule has 0 aromatic heterocycles. The zero-order valence-corrected chi connectivity index (χ0v) is 9.74. The third-order valence-corrected chi connectivity index (χ3v) is 1.95. The van der Waals surface area contributed by atoms with Crippen molar-refractivity contribution in [1.29, 1.82) is 0 Å². The quantitative estimate of drug-likeness (QED) is 0.208. The lowest BCUT2D eigenvalue weighted by Gasteiger charge is -2.08. The predicted molar refractivity (Wildman–Crippen MR) is 53.0 cm³/mol. The first-order valence-corrected chi connectivity index (χ1v) is 5.20.